The molecule has 0 spiro atoms. The number of hydrogen-bond donors (Lipinski definition) is 0. The lowest BCUT2D eigenvalue weighted by molar-refractivity contribution is -0.384. The second-order valence-corrected chi connectivity index (χ2v) is 6.10. The van der Waals surface area contributed by atoms with Crippen LogP contribution in [0.15, 0.2) is 48.5 Å². The Labute approximate surface area is 151 Å². The molecule has 0 bridgehead atoms. The third-order valence-corrected chi connectivity index (χ3v) is 4.59. The van der Waals surface area contributed by atoms with Crippen LogP contribution >= 0.6 is 0 Å². The second kappa shape index (κ2) is 7.86. The molecule has 3 rings (SSSR count). The molecule has 0 N–H and O–H groups in total. The van der Waals surface area contributed by atoms with Crippen LogP contribution in [0.25, 0.3) is 0 Å². The van der Waals surface area contributed by atoms with E-state index in [0.717, 1.165) is 5.56 Å². The molecule has 0 radical (unpaired) electrons. The summed E-state index contributed by atoms with van der Waals surface area (Å²) in [7, 11) is 1.59. The van der Waals surface area contributed by atoms with E-state index in [0.29, 0.717) is 37.6 Å². The Morgan fingerprint density at radius 1 is 1.08 bits per heavy atom. The van der Waals surface area contributed by atoms with Crippen LogP contribution in [0.5, 0.6) is 5.75 Å². The molecule has 7 heteroatoms. The number of carbonyl (C=O) groups excluding carboxylic acids is 1. The average molecular weight is 355 g/mol. The van der Waals surface area contributed by atoms with Crippen molar-refractivity contribution in [2.75, 3.05) is 38.2 Å². The molecule has 136 valence electrons. The number of piperazine rings is 1. The number of carbonyl (C=O) groups is 1. The number of para-hydroxylation sites is 3. The molecule has 2 aromatic rings. The maximum Gasteiger partial charge on any atom is 0.292 e. The SMILES string of the molecule is COc1ccccc1CC(=O)N1CCN(c2ccccc2[N+](=O)[O-])CC1. The standard InChI is InChI=1S/C19H21N3O4/c1-26-18-9-5-2-6-15(18)14-19(23)21-12-10-20(11-13-21)16-7-3-4-8-17(16)22(24)25/h2-9H,10-14H2,1H3. The van der Waals surface area contributed by atoms with Gasteiger partial charge in [0.05, 0.1) is 18.5 Å². The van der Waals surface area contributed by atoms with Gasteiger partial charge in [0.25, 0.3) is 5.69 Å². The molecular weight excluding hydrogens is 334 g/mol. The molecule has 1 aliphatic heterocycles. The van der Waals surface area contributed by atoms with Gasteiger partial charge in [-0.15, -0.1) is 0 Å². The molecule has 0 saturated carbocycles. The van der Waals surface area contributed by atoms with Crippen molar-refractivity contribution >= 4 is 17.3 Å². The minimum absolute atomic E-state index is 0.0386. The number of rotatable bonds is 5. The Balaban J connectivity index is 1.64. The molecule has 0 aliphatic carbocycles. The highest BCUT2D eigenvalue weighted by atomic mass is 16.6. The molecule has 0 atom stereocenters. The van der Waals surface area contributed by atoms with Gasteiger partial charge in [-0.2, -0.15) is 0 Å². The summed E-state index contributed by atoms with van der Waals surface area (Å²) in [6.45, 7) is 2.23. The van der Waals surface area contributed by atoms with Gasteiger partial charge in [0.1, 0.15) is 11.4 Å². The summed E-state index contributed by atoms with van der Waals surface area (Å²) in [5.41, 5.74) is 1.57. The number of hydrogen-bond acceptors (Lipinski definition) is 5. The number of nitrogens with zero attached hydrogens (tertiary/aromatic N) is 3. The molecule has 7 nitrogen and oxygen atoms in total. The molecule has 0 aromatic heterocycles. The first kappa shape index (κ1) is 17.7. The molecule has 2 aromatic carbocycles. The van der Waals surface area contributed by atoms with Crippen LogP contribution in [-0.2, 0) is 11.2 Å². The number of methoxy groups -OCH3 is 1. The summed E-state index contributed by atoms with van der Waals surface area (Å²) >= 11 is 0. The Hall–Kier alpha value is -3.09. The Bertz CT molecular complexity index is 801. The fourth-order valence-electron chi connectivity index (χ4n) is 3.21. The van der Waals surface area contributed by atoms with E-state index < -0.39 is 0 Å². The smallest absolute Gasteiger partial charge is 0.292 e. The molecule has 1 heterocycles. The summed E-state index contributed by atoms with van der Waals surface area (Å²) in [6.07, 6.45) is 0.287. The van der Waals surface area contributed by atoms with E-state index in [1.807, 2.05) is 29.2 Å². The van der Waals surface area contributed by atoms with E-state index in [2.05, 4.69) is 0 Å². The van der Waals surface area contributed by atoms with Crippen LogP contribution in [0.2, 0.25) is 0 Å². The van der Waals surface area contributed by atoms with Crippen LogP contribution in [0.3, 0.4) is 0 Å². The van der Waals surface area contributed by atoms with Gasteiger partial charge in [0, 0.05) is 37.8 Å². The van der Waals surface area contributed by atoms with Gasteiger partial charge in [-0.05, 0) is 12.1 Å². The number of anilines is 1. The van der Waals surface area contributed by atoms with Crippen LogP contribution in [0, 0.1) is 10.1 Å². The van der Waals surface area contributed by atoms with Gasteiger partial charge in [-0.25, -0.2) is 0 Å². The van der Waals surface area contributed by atoms with Crippen molar-refractivity contribution in [2.24, 2.45) is 0 Å². The van der Waals surface area contributed by atoms with Gasteiger partial charge < -0.3 is 14.5 Å². The normalized spacial score (nSPS) is 14.2. The van der Waals surface area contributed by atoms with E-state index in [9.17, 15) is 14.9 Å². The lowest BCUT2D eigenvalue weighted by Gasteiger charge is -2.36. The van der Waals surface area contributed by atoms with E-state index in [-0.39, 0.29) is 22.9 Å². The molecule has 1 amide bonds. The number of ether oxygens (including phenoxy) is 1. The van der Waals surface area contributed by atoms with E-state index in [1.54, 1.807) is 30.2 Å². The fourth-order valence-corrected chi connectivity index (χ4v) is 3.21. The summed E-state index contributed by atoms with van der Waals surface area (Å²) in [4.78, 5) is 27.2. The predicted octanol–water partition coefficient (Wildman–Crippen LogP) is 2.49. The third-order valence-electron chi connectivity index (χ3n) is 4.59. The van der Waals surface area contributed by atoms with Crippen molar-refractivity contribution in [3.63, 3.8) is 0 Å². The molecule has 1 saturated heterocycles. The topological polar surface area (TPSA) is 75.9 Å². The first-order valence-electron chi connectivity index (χ1n) is 8.48. The molecule has 26 heavy (non-hydrogen) atoms. The van der Waals surface area contributed by atoms with Gasteiger partial charge in [-0.3, -0.25) is 14.9 Å². The number of nitro benzene ring substituents is 1. The molecule has 0 unspecified atom stereocenters. The predicted molar refractivity (Wildman–Crippen MR) is 98.6 cm³/mol. The minimum Gasteiger partial charge on any atom is -0.496 e. The zero-order valence-corrected chi connectivity index (χ0v) is 14.6. The zero-order valence-electron chi connectivity index (χ0n) is 14.6. The minimum atomic E-state index is -0.367. The van der Waals surface area contributed by atoms with Crippen molar-refractivity contribution in [1.82, 2.24) is 4.90 Å². The van der Waals surface area contributed by atoms with Crippen LogP contribution in [0.1, 0.15) is 5.56 Å². The Morgan fingerprint density at radius 2 is 1.73 bits per heavy atom. The monoisotopic (exact) mass is 355 g/mol. The fraction of sp³-hybridized carbons (Fsp3) is 0.316. The highest BCUT2D eigenvalue weighted by Gasteiger charge is 2.25. The van der Waals surface area contributed by atoms with Gasteiger partial charge in [0.2, 0.25) is 5.91 Å². The largest absolute Gasteiger partial charge is 0.496 e. The summed E-state index contributed by atoms with van der Waals surface area (Å²) < 4.78 is 5.30. The summed E-state index contributed by atoms with van der Waals surface area (Å²) in [5.74, 6) is 0.746. The lowest BCUT2D eigenvalue weighted by Crippen LogP contribution is -2.49. The van der Waals surface area contributed by atoms with Crippen molar-refractivity contribution in [2.45, 2.75) is 6.42 Å². The quantitative estimate of drug-likeness (QED) is 0.608. The first-order valence-corrected chi connectivity index (χ1v) is 8.48. The van der Waals surface area contributed by atoms with Gasteiger partial charge in [0.15, 0.2) is 0 Å². The number of amides is 1. The van der Waals surface area contributed by atoms with Crippen molar-refractivity contribution in [3.05, 3.63) is 64.2 Å². The van der Waals surface area contributed by atoms with Crippen LogP contribution in [-0.4, -0.2) is 49.0 Å². The highest BCUT2D eigenvalue weighted by molar-refractivity contribution is 5.80. The lowest BCUT2D eigenvalue weighted by atomic mass is 10.1. The highest BCUT2D eigenvalue weighted by Crippen LogP contribution is 2.28. The third kappa shape index (κ3) is 3.77. The summed E-state index contributed by atoms with van der Waals surface area (Å²) in [5, 5.41) is 11.2. The second-order valence-electron chi connectivity index (χ2n) is 6.10. The van der Waals surface area contributed by atoms with Gasteiger partial charge in [-0.1, -0.05) is 30.3 Å². The van der Waals surface area contributed by atoms with Crippen molar-refractivity contribution in [1.29, 1.82) is 0 Å². The summed E-state index contributed by atoms with van der Waals surface area (Å²) in [6, 6.07) is 14.2. The Morgan fingerprint density at radius 3 is 2.42 bits per heavy atom. The van der Waals surface area contributed by atoms with Crippen LogP contribution < -0.4 is 9.64 Å². The van der Waals surface area contributed by atoms with E-state index >= 15 is 0 Å². The maximum atomic E-state index is 12.6. The van der Waals surface area contributed by atoms with E-state index in [4.69, 9.17) is 4.74 Å². The first-order chi connectivity index (χ1) is 12.6. The van der Waals surface area contributed by atoms with E-state index in [1.165, 1.54) is 6.07 Å². The number of benzene rings is 2. The zero-order chi connectivity index (χ0) is 18.5. The average Bonchev–Trinajstić information content (AvgIpc) is 2.68. The maximum absolute atomic E-state index is 12.6. The molecule has 1 fully saturated rings. The number of nitro groups is 1. The van der Waals surface area contributed by atoms with Gasteiger partial charge >= 0.3 is 0 Å². The van der Waals surface area contributed by atoms with Crippen molar-refractivity contribution < 1.29 is 14.5 Å². The Kier molecular flexibility index (Phi) is 5.36. The molecule has 1 aliphatic rings. The van der Waals surface area contributed by atoms with Crippen molar-refractivity contribution in [3.8, 4) is 5.75 Å². The molecular formula is C19H21N3O4. The van der Waals surface area contributed by atoms with Crippen LogP contribution in [0.4, 0.5) is 11.4 Å².